The molecular formula is C19H32O5. The van der Waals surface area contributed by atoms with E-state index in [1.54, 1.807) is 7.11 Å². The van der Waals surface area contributed by atoms with Crippen molar-refractivity contribution < 1.29 is 24.2 Å². The third-order valence-electron chi connectivity index (χ3n) is 4.59. The first-order valence-electron chi connectivity index (χ1n) is 8.88. The summed E-state index contributed by atoms with van der Waals surface area (Å²) in [5.41, 5.74) is 1.21. The fourth-order valence-corrected chi connectivity index (χ4v) is 3.10. The number of aliphatic hydroxyl groups excluding tert-OH is 1. The fraction of sp³-hybridized carbons (Fsp3) is 0.789. The first kappa shape index (κ1) is 20.8. The molecule has 0 fully saturated rings. The van der Waals surface area contributed by atoms with Gasteiger partial charge in [0.05, 0.1) is 12.5 Å². The average Bonchev–Trinajstić information content (AvgIpc) is 2.50. The third-order valence-corrected chi connectivity index (χ3v) is 4.59. The van der Waals surface area contributed by atoms with Crippen LogP contribution >= 0.6 is 0 Å². The Morgan fingerprint density at radius 2 is 1.96 bits per heavy atom. The summed E-state index contributed by atoms with van der Waals surface area (Å²) in [7, 11) is 1.58. The number of ether oxygens (including phenoxy) is 2. The molecule has 4 atom stereocenters. The molecule has 0 amide bonds. The summed E-state index contributed by atoms with van der Waals surface area (Å²) >= 11 is 0. The highest BCUT2D eigenvalue weighted by molar-refractivity contribution is 5.82. The van der Waals surface area contributed by atoms with E-state index in [1.165, 1.54) is 5.57 Å². The van der Waals surface area contributed by atoms with E-state index in [4.69, 9.17) is 9.47 Å². The van der Waals surface area contributed by atoms with Crippen LogP contribution in [0.3, 0.4) is 0 Å². The number of hydrogen-bond acceptors (Lipinski definition) is 5. The number of carbonyl (C=O) groups excluding carboxylic acids is 2. The van der Waals surface area contributed by atoms with Gasteiger partial charge in [-0.15, -0.1) is 0 Å². The zero-order valence-corrected chi connectivity index (χ0v) is 15.4. The molecule has 1 aliphatic heterocycles. The Morgan fingerprint density at radius 1 is 1.25 bits per heavy atom. The van der Waals surface area contributed by atoms with Crippen molar-refractivity contribution in [2.24, 2.45) is 11.8 Å². The standard InChI is InChI=1S/C19H32O5/c1-13-6-5-7-14(2)9-17(23-4)12-24-19(22)11-16(20)10-18(21)15(3)8-13/h9,13,15-17,20H,5-8,10-12H2,1-4H3/b14-9-/t13-,15+,16?,17?/m0/s1. The topological polar surface area (TPSA) is 72.8 Å². The average molecular weight is 340 g/mol. The molecule has 5 heteroatoms. The van der Waals surface area contributed by atoms with Crippen molar-refractivity contribution in [1.29, 1.82) is 0 Å². The predicted octanol–water partition coefficient (Wildman–Crippen LogP) is 3.05. The molecule has 0 aromatic rings. The van der Waals surface area contributed by atoms with E-state index in [1.807, 2.05) is 13.0 Å². The van der Waals surface area contributed by atoms with E-state index in [2.05, 4.69) is 13.8 Å². The lowest BCUT2D eigenvalue weighted by Crippen LogP contribution is -2.25. The van der Waals surface area contributed by atoms with Crippen LogP contribution in [0.15, 0.2) is 11.6 Å². The number of rotatable bonds is 1. The van der Waals surface area contributed by atoms with E-state index in [9.17, 15) is 14.7 Å². The molecular weight excluding hydrogens is 308 g/mol. The second-order valence-corrected chi connectivity index (χ2v) is 7.13. The zero-order valence-electron chi connectivity index (χ0n) is 15.4. The number of aliphatic hydroxyl groups is 1. The van der Waals surface area contributed by atoms with Crippen molar-refractivity contribution in [2.75, 3.05) is 13.7 Å². The highest BCUT2D eigenvalue weighted by atomic mass is 16.6. The SMILES string of the molecule is COC1/C=C(/C)CCC[C@H](C)C[C@@H](C)C(=O)CC(O)CC(=O)OC1. The van der Waals surface area contributed by atoms with Crippen molar-refractivity contribution in [1.82, 2.24) is 0 Å². The summed E-state index contributed by atoms with van der Waals surface area (Å²) in [6.07, 6.45) is 4.50. The first-order chi connectivity index (χ1) is 11.3. The Labute approximate surface area is 145 Å². The van der Waals surface area contributed by atoms with Gasteiger partial charge in [-0.25, -0.2) is 0 Å². The molecule has 5 nitrogen and oxygen atoms in total. The van der Waals surface area contributed by atoms with Gasteiger partial charge in [-0.2, -0.15) is 0 Å². The van der Waals surface area contributed by atoms with Gasteiger partial charge in [0.15, 0.2) is 0 Å². The monoisotopic (exact) mass is 340 g/mol. The quantitative estimate of drug-likeness (QED) is 0.587. The fourth-order valence-electron chi connectivity index (χ4n) is 3.10. The Bertz CT molecular complexity index is 443. The van der Waals surface area contributed by atoms with Gasteiger partial charge in [-0.3, -0.25) is 9.59 Å². The Morgan fingerprint density at radius 3 is 2.62 bits per heavy atom. The zero-order chi connectivity index (χ0) is 18.1. The van der Waals surface area contributed by atoms with Gasteiger partial charge in [-0.1, -0.05) is 31.9 Å². The molecule has 0 saturated heterocycles. The van der Waals surface area contributed by atoms with Crippen LogP contribution in [0.25, 0.3) is 0 Å². The van der Waals surface area contributed by atoms with Gasteiger partial charge in [-0.05, 0) is 32.1 Å². The van der Waals surface area contributed by atoms with Crippen LogP contribution in [0.5, 0.6) is 0 Å². The van der Waals surface area contributed by atoms with Crippen LogP contribution in [-0.4, -0.2) is 42.8 Å². The molecule has 0 bridgehead atoms. The molecule has 1 rings (SSSR count). The molecule has 0 saturated carbocycles. The van der Waals surface area contributed by atoms with E-state index in [0.29, 0.717) is 5.92 Å². The Kier molecular flexibility index (Phi) is 9.22. The van der Waals surface area contributed by atoms with Gasteiger partial charge in [0.1, 0.15) is 18.5 Å². The summed E-state index contributed by atoms with van der Waals surface area (Å²) in [4.78, 5) is 24.0. The van der Waals surface area contributed by atoms with Crippen LogP contribution in [0.4, 0.5) is 0 Å². The predicted molar refractivity (Wildman–Crippen MR) is 92.6 cm³/mol. The second-order valence-electron chi connectivity index (χ2n) is 7.13. The molecule has 1 heterocycles. The van der Waals surface area contributed by atoms with E-state index in [0.717, 1.165) is 25.7 Å². The lowest BCUT2D eigenvalue weighted by Gasteiger charge is -2.19. The van der Waals surface area contributed by atoms with Crippen molar-refractivity contribution >= 4 is 11.8 Å². The smallest absolute Gasteiger partial charge is 0.308 e. The van der Waals surface area contributed by atoms with Crippen molar-refractivity contribution in [3.05, 3.63) is 11.6 Å². The minimum Gasteiger partial charge on any atom is -0.462 e. The molecule has 24 heavy (non-hydrogen) atoms. The van der Waals surface area contributed by atoms with Crippen LogP contribution < -0.4 is 0 Å². The lowest BCUT2D eigenvalue weighted by molar-refractivity contribution is -0.148. The maximum absolute atomic E-state index is 12.2. The van der Waals surface area contributed by atoms with Gasteiger partial charge in [0.2, 0.25) is 0 Å². The summed E-state index contributed by atoms with van der Waals surface area (Å²) in [6, 6.07) is 0. The molecule has 1 N–H and O–H groups in total. The number of hydrogen-bond donors (Lipinski definition) is 1. The van der Waals surface area contributed by atoms with Gasteiger partial charge in [0, 0.05) is 19.4 Å². The number of methoxy groups -OCH3 is 1. The number of ketones is 1. The summed E-state index contributed by atoms with van der Waals surface area (Å²) in [5.74, 6) is -0.116. The highest BCUT2D eigenvalue weighted by Gasteiger charge is 2.22. The van der Waals surface area contributed by atoms with Crippen molar-refractivity contribution in [3.8, 4) is 0 Å². The molecule has 0 spiro atoms. The van der Waals surface area contributed by atoms with E-state index >= 15 is 0 Å². The molecule has 2 unspecified atom stereocenters. The molecule has 0 aromatic carbocycles. The van der Waals surface area contributed by atoms with E-state index < -0.39 is 12.1 Å². The highest BCUT2D eigenvalue weighted by Crippen LogP contribution is 2.22. The third kappa shape index (κ3) is 8.06. The molecule has 0 aromatic heterocycles. The minimum absolute atomic E-state index is 0.00963. The Hall–Kier alpha value is -1.20. The number of allylic oxidation sites excluding steroid dienone is 1. The molecule has 0 radical (unpaired) electrons. The van der Waals surface area contributed by atoms with Crippen molar-refractivity contribution in [2.45, 2.75) is 71.5 Å². The molecule has 1 aliphatic rings. The van der Waals surface area contributed by atoms with Crippen LogP contribution in [0.1, 0.15) is 59.3 Å². The maximum Gasteiger partial charge on any atom is 0.308 e. The van der Waals surface area contributed by atoms with Gasteiger partial charge in [0.25, 0.3) is 0 Å². The Balaban J connectivity index is 2.77. The number of carbonyl (C=O) groups is 2. The summed E-state index contributed by atoms with van der Waals surface area (Å²) < 4.78 is 10.5. The van der Waals surface area contributed by atoms with Crippen LogP contribution in [0, 0.1) is 11.8 Å². The molecule has 0 aliphatic carbocycles. The second kappa shape index (κ2) is 10.6. The van der Waals surface area contributed by atoms with Gasteiger partial charge >= 0.3 is 5.97 Å². The van der Waals surface area contributed by atoms with E-state index in [-0.39, 0.29) is 37.3 Å². The number of esters is 1. The summed E-state index contributed by atoms with van der Waals surface area (Å²) in [6.45, 7) is 6.25. The van der Waals surface area contributed by atoms with Crippen LogP contribution in [0.2, 0.25) is 0 Å². The lowest BCUT2D eigenvalue weighted by atomic mass is 9.88. The minimum atomic E-state index is -0.978. The van der Waals surface area contributed by atoms with Gasteiger partial charge < -0.3 is 14.6 Å². The summed E-state index contributed by atoms with van der Waals surface area (Å²) in [5, 5.41) is 9.94. The molecule has 138 valence electrons. The number of Topliss-reactive ketones (excluding diaryl/α,β-unsaturated/α-hetero) is 1. The number of cyclic esters (lactones) is 1. The van der Waals surface area contributed by atoms with Crippen LogP contribution in [-0.2, 0) is 19.1 Å². The largest absolute Gasteiger partial charge is 0.462 e. The first-order valence-corrected chi connectivity index (χ1v) is 8.88. The van der Waals surface area contributed by atoms with Crippen molar-refractivity contribution in [3.63, 3.8) is 0 Å². The maximum atomic E-state index is 12.2. The normalized spacial score (nSPS) is 34.3.